The van der Waals surface area contributed by atoms with E-state index < -0.39 is 23.5 Å². The first-order valence-electron chi connectivity index (χ1n) is 11.7. The van der Waals surface area contributed by atoms with Crippen LogP contribution in [0.2, 0.25) is 0 Å². The average molecular weight is 516 g/mol. The first kappa shape index (κ1) is 28.8. The van der Waals surface area contributed by atoms with E-state index in [-0.39, 0.29) is 43.2 Å². The molecule has 0 heterocycles. The lowest BCUT2D eigenvalue weighted by Gasteiger charge is -2.31. The number of rotatable bonds is 11. The molecule has 9 nitrogen and oxygen atoms in total. The van der Waals surface area contributed by atoms with E-state index in [1.807, 2.05) is 38.1 Å². The van der Waals surface area contributed by atoms with Crippen LogP contribution in [-0.4, -0.2) is 46.9 Å². The Balaban J connectivity index is 0.00000456. The summed E-state index contributed by atoms with van der Waals surface area (Å²) in [5.74, 6) is -1.63. The number of hydrogen-bond acceptors (Lipinski definition) is 5. The normalized spacial score (nSPS) is 14.3. The van der Waals surface area contributed by atoms with E-state index in [9.17, 15) is 14.4 Å². The van der Waals surface area contributed by atoms with Crippen LogP contribution in [0.3, 0.4) is 0 Å². The van der Waals surface area contributed by atoms with Gasteiger partial charge >= 0.3 is 5.97 Å². The molecule has 36 heavy (non-hydrogen) atoms. The topological polar surface area (TPSA) is 157 Å². The van der Waals surface area contributed by atoms with Crippen LogP contribution in [-0.2, 0) is 33.8 Å². The number of carbonyl (C=O) groups excluding carboxylic acids is 2. The van der Waals surface area contributed by atoms with Gasteiger partial charge in [-0.25, -0.2) is 0 Å². The lowest BCUT2D eigenvalue weighted by molar-refractivity contribution is -0.137. The molecular formula is C26H34ClN5O4. The van der Waals surface area contributed by atoms with Crippen LogP contribution in [0.4, 0.5) is 0 Å². The van der Waals surface area contributed by atoms with Crippen LogP contribution in [0.5, 0.6) is 0 Å². The van der Waals surface area contributed by atoms with E-state index in [0.29, 0.717) is 24.8 Å². The summed E-state index contributed by atoms with van der Waals surface area (Å²) >= 11 is 0. The van der Waals surface area contributed by atoms with Gasteiger partial charge in [0.1, 0.15) is 11.4 Å². The zero-order valence-electron chi connectivity index (χ0n) is 20.5. The number of carboxylic acid groups (broad SMARTS) is 1. The van der Waals surface area contributed by atoms with Crippen molar-refractivity contribution in [2.75, 3.05) is 6.54 Å². The highest BCUT2D eigenvalue weighted by atomic mass is 35.5. The Labute approximate surface area is 217 Å². The van der Waals surface area contributed by atoms with Gasteiger partial charge in [-0.3, -0.25) is 25.1 Å². The Morgan fingerprint density at radius 3 is 2.14 bits per heavy atom. The molecule has 10 heteroatoms. The maximum absolute atomic E-state index is 13.5. The minimum absolute atomic E-state index is 0. The quantitative estimate of drug-likeness (QED) is 0.198. The zero-order valence-corrected chi connectivity index (χ0v) is 21.3. The average Bonchev–Trinajstić information content (AvgIpc) is 3.19. The van der Waals surface area contributed by atoms with Gasteiger partial charge in [0.15, 0.2) is 0 Å². The van der Waals surface area contributed by atoms with Gasteiger partial charge in [-0.2, -0.15) is 0 Å². The summed E-state index contributed by atoms with van der Waals surface area (Å²) in [4.78, 5) is 37.9. The molecule has 1 aliphatic rings. The standard InChI is InChI=1S/C26H33N5O4.ClH/c1-16(2)11-21(29-15-22(32)33)24(34)31-26(12-19-5-3-4-6-20(19)13-26)25(35)30-14-17-7-9-18(10-8-17)23(27)28;/h3-10,16,21,29H,11-15H2,1-2H3,(H3,27,28)(H,30,35)(H,31,34)(H,32,33);1H/t21-;/m1./s1. The zero-order chi connectivity index (χ0) is 25.6. The number of nitrogens with one attached hydrogen (secondary N) is 4. The number of hydrogen-bond donors (Lipinski definition) is 6. The third kappa shape index (κ3) is 7.29. The van der Waals surface area contributed by atoms with E-state index in [0.717, 1.165) is 16.7 Å². The fraction of sp³-hybridized carbons (Fsp3) is 0.385. The predicted molar refractivity (Wildman–Crippen MR) is 140 cm³/mol. The van der Waals surface area contributed by atoms with E-state index in [1.165, 1.54) is 0 Å². The molecule has 0 saturated carbocycles. The molecule has 1 atom stereocenters. The second-order valence-electron chi connectivity index (χ2n) is 9.44. The molecule has 2 aromatic rings. The largest absolute Gasteiger partial charge is 0.480 e. The van der Waals surface area contributed by atoms with Crippen molar-refractivity contribution in [3.8, 4) is 0 Å². The molecule has 2 aromatic carbocycles. The number of amidine groups is 1. The number of aliphatic carboxylic acids is 1. The summed E-state index contributed by atoms with van der Waals surface area (Å²) in [6.45, 7) is 3.81. The molecule has 2 amide bonds. The minimum atomic E-state index is -1.18. The smallest absolute Gasteiger partial charge is 0.317 e. The summed E-state index contributed by atoms with van der Waals surface area (Å²) in [5.41, 5.74) is 7.74. The summed E-state index contributed by atoms with van der Waals surface area (Å²) in [6, 6.07) is 14.0. The number of nitrogens with two attached hydrogens (primary N) is 1. The Bertz CT molecular complexity index is 1080. The Kier molecular flexibility index (Phi) is 10.0. The molecule has 0 unspecified atom stereocenters. The summed E-state index contributed by atoms with van der Waals surface area (Å²) in [7, 11) is 0. The minimum Gasteiger partial charge on any atom is -0.480 e. The summed E-state index contributed by atoms with van der Waals surface area (Å²) in [5, 5.41) is 25.3. The van der Waals surface area contributed by atoms with Crippen molar-refractivity contribution in [1.82, 2.24) is 16.0 Å². The first-order valence-corrected chi connectivity index (χ1v) is 11.7. The lowest BCUT2D eigenvalue weighted by Crippen LogP contribution is -2.62. The van der Waals surface area contributed by atoms with E-state index >= 15 is 0 Å². The van der Waals surface area contributed by atoms with Crippen LogP contribution in [0, 0.1) is 11.3 Å². The molecule has 0 aliphatic heterocycles. The van der Waals surface area contributed by atoms with Crippen molar-refractivity contribution in [2.24, 2.45) is 11.7 Å². The second-order valence-corrected chi connectivity index (χ2v) is 9.44. The van der Waals surface area contributed by atoms with Crippen molar-refractivity contribution in [1.29, 1.82) is 5.41 Å². The first-order chi connectivity index (χ1) is 16.6. The fourth-order valence-electron chi connectivity index (χ4n) is 4.36. The van der Waals surface area contributed by atoms with Crippen LogP contribution in [0.25, 0.3) is 0 Å². The van der Waals surface area contributed by atoms with Crippen molar-refractivity contribution < 1.29 is 19.5 Å². The molecule has 0 radical (unpaired) electrons. The third-order valence-electron chi connectivity index (χ3n) is 6.14. The molecule has 0 aromatic heterocycles. The van der Waals surface area contributed by atoms with E-state index in [2.05, 4.69) is 16.0 Å². The van der Waals surface area contributed by atoms with Gasteiger partial charge < -0.3 is 21.5 Å². The number of carbonyl (C=O) groups is 3. The van der Waals surface area contributed by atoms with Crippen molar-refractivity contribution in [2.45, 2.75) is 51.2 Å². The van der Waals surface area contributed by atoms with Gasteiger partial charge in [0, 0.05) is 24.9 Å². The van der Waals surface area contributed by atoms with Gasteiger partial charge in [0.25, 0.3) is 0 Å². The predicted octanol–water partition coefficient (Wildman–Crippen LogP) is 1.75. The Morgan fingerprint density at radius 2 is 1.64 bits per heavy atom. The number of amides is 2. The van der Waals surface area contributed by atoms with Gasteiger partial charge in [-0.15, -0.1) is 12.4 Å². The van der Waals surface area contributed by atoms with Crippen molar-refractivity contribution in [3.63, 3.8) is 0 Å². The van der Waals surface area contributed by atoms with Crippen molar-refractivity contribution in [3.05, 3.63) is 70.8 Å². The van der Waals surface area contributed by atoms with Gasteiger partial charge in [-0.1, -0.05) is 62.4 Å². The number of halogens is 1. The molecule has 3 rings (SSSR count). The highest BCUT2D eigenvalue weighted by Gasteiger charge is 2.45. The second kappa shape index (κ2) is 12.5. The summed E-state index contributed by atoms with van der Waals surface area (Å²) in [6.07, 6.45) is 1.13. The van der Waals surface area contributed by atoms with E-state index in [4.69, 9.17) is 16.2 Å². The number of benzene rings is 2. The number of carboxylic acids is 1. The Morgan fingerprint density at radius 1 is 1.06 bits per heavy atom. The van der Waals surface area contributed by atoms with Gasteiger partial charge in [0.05, 0.1) is 12.6 Å². The fourth-order valence-corrected chi connectivity index (χ4v) is 4.36. The van der Waals surface area contributed by atoms with Crippen molar-refractivity contribution >= 4 is 36.0 Å². The number of nitrogen functional groups attached to an aromatic ring is 1. The van der Waals surface area contributed by atoms with Gasteiger partial charge in [0.2, 0.25) is 11.8 Å². The molecule has 1 aliphatic carbocycles. The highest BCUT2D eigenvalue weighted by molar-refractivity contribution is 5.95. The highest BCUT2D eigenvalue weighted by Crippen LogP contribution is 2.31. The molecular weight excluding hydrogens is 482 g/mol. The lowest BCUT2D eigenvalue weighted by atomic mass is 9.92. The molecule has 0 spiro atoms. The molecule has 0 saturated heterocycles. The third-order valence-corrected chi connectivity index (χ3v) is 6.14. The van der Waals surface area contributed by atoms with Crippen LogP contribution in [0.1, 0.15) is 42.5 Å². The van der Waals surface area contributed by atoms with Gasteiger partial charge in [-0.05, 0) is 29.0 Å². The maximum Gasteiger partial charge on any atom is 0.317 e. The number of fused-ring (bicyclic) bond motifs is 1. The monoisotopic (exact) mass is 515 g/mol. The SMILES string of the molecule is CC(C)C[C@@H](NCC(=O)O)C(=O)NC1(C(=O)NCc2ccc(C(=N)N)cc2)Cc2ccccc2C1.Cl. The molecule has 194 valence electrons. The van der Waals surface area contributed by atoms with Crippen LogP contribution >= 0.6 is 12.4 Å². The molecule has 0 fully saturated rings. The van der Waals surface area contributed by atoms with E-state index in [1.54, 1.807) is 24.3 Å². The summed E-state index contributed by atoms with van der Waals surface area (Å²) < 4.78 is 0. The van der Waals surface area contributed by atoms with Crippen LogP contribution in [0.15, 0.2) is 48.5 Å². The molecule has 7 N–H and O–H groups in total. The molecule has 0 bridgehead atoms. The Hall–Kier alpha value is -3.43. The maximum atomic E-state index is 13.5. The van der Waals surface area contributed by atoms with Crippen LogP contribution < -0.4 is 21.7 Å².